The van der Waals surface area contributed by atoms with Gasteiger partial charge in [-0.05, 0) is 24.6 Å². The molecule has 6 nitrogen and oxygen atoms in total. The van der Waals surface area contributed by atoms with Crippen molar-refractivity contribution in [3.63, 3.8) is 0 Å². The molecule has 23 heavy (non-hydrogen) atoms. The number of ether oxygens (including phenoxy) is 1. The number of hydrogen-bond donors (Lipinski definition) is 2. The molecule has 2 aliphatic heterocycles. The van der Waals surface area contributed by atoms with E-state index in [-0.39, 0.29) is 30.3 Å². The topological polar surface area (TPSA) is 70.7 Å². The molecule has 1 aromatic carbocycles. The highest BCUT2D eigenvalue weighted by Gasteiger charge is 2.26. The van der Waals surface area contributed by atoms with E-state index in [0.29, 0.717) is 24.4 Å². The first-order valence-electron chi connectivity index (χ1n) is 7.29. The maximum Gasteiger partial charge on any atom is 0.242 e. The lowest BCUT2D eigenvalue weighted by molar-refractivity contribution is -0.118. The number of thioether (sulfide) groups is 1. The van der Waals surface area contributed by atoms with E-state index in [2.05, 4.69) is 10.6 Å². The van der Waals surface area contributed by atoms with Crippen molar-refractivity contribution in [2.45, 2.75) is 18.9 Å². The molecule has 0 spiro atoms. The number of methoxy groups -OCH3 is 1. The Balaban J connectivity index is 0.00000192. The molecule has 0 bridgehead atoms. The van der Waals surface area contributed by atoms with Gasteiger partial charge in [-0.1, -0.05) is 0 Å². The number of anilines is 2. The molecule has 126 valence electrons. The maximum atomic E-state index is 12.2. The smallest absolute Gasteiger partial charge is 0.242 e. The highest BCUT2D eigenvalue weighted by Crippen LogP contribution is 2.34. The van der Waals surface area contributed by atoms with Crippen molar-refractivity contribution in [2.24, 2.45) is 0 Å². The summed E-state index contributed by atoms with van der Waals surface area (Å²) in [6.45, 7) is 0.688. The van der Waals surface area contributed by atoms with Gasteiger partial charge < -0.3 is 15.0 Å². The molecule has 1 unspecified atom stereocenters. The molecule has 2 amide bonds. The fraction of sp³-hybridized carbons (Fsp3) is 0.467. The minimum absolute atomic E-state index is 0. The quantitative estimate of drug-likeness (QED) is 0.860. The summed E-state index contributed by atoms with van der Waals surface area (Å²) < 4.78 is 5.34. The van der Waals surface area contributed by atoms with E-state index >= 15 is 0 Å². The molecular weight excluding hydrogens is 338 g/mol. The number of nitrogens with one attached hydrogen (secondary N) is 2. The molecule has 1 atom stereocenters. The summed E-state index contributed by atoms with van der Waals surface area (Å²) in [6.07, 6.45) is 1.41. The summed E-state index contributed by atoms with van der Waals surface area (Å²) in [5.41, 5.74) is 1.40. The van der Waals surface area contributed by atoms with E-state index in [4.69, 9.17) is 4.74 Å². The van der Waals surface area contributed by atoms with Gasteiger partial charge in [0.25, 0.3) is 0 Å². The zero-order valence-corrected chi connectivity index (χ0v) is 14.5. The Bertz CT molecular complexity index is 593. The minimum Gasteiger partial charge on any atom is -0.495 e. The van der Waals surface area contributed by atoms with Gasteiger partial charge in [0.1, 0.15) is 5.75 Å². The highest BCUT2D eigenvalue weighted by atomic mass is 35.5. The second-order valence-electron chi connectivity index (χ2n) is 5.30. The second-order valence-corrected chi connectivity index (χ2v) is 6.33. The molecule has 2 saturated heterocycles. The lowest BCUT2D eigenvalue weighted by atomic mass is 10.2. The summed E-state index contributed by atoms with van der Waals surface area (Å²) in [7, 11) is 1.58. The number of carbonyl (C=O) groups excluding carboxylic acids is 2. The summed E-state index contributed by atoms with van der Waals surface area (Å²) >= 11 is 1.71. The molecule has 0 radical (unpaired) electrons. The van der Waals surface area contributed by atoms with E-state index in [0.717, 1.165) is 23.7 Å². The molecule has 0 aliphatic carbocycles. The Hall–Kier alpha value is -1.44. The zero-order valence-electron chi connectivity index (χ0n) is 12.8. The van der Waals surface area contributed by atoms with Crippen molar-refractivity contribution < 1.29 is 14.3 Å². The molecule has 3 rings (SSSR count). The first-order chi connectivity index (χ1) is 10.7. The Labute approximate surface area is 145 Å². The minimum atomic E-state index is -0.163. The molecule has 1 aromatic rings. The van der Waals surface area contributed by atoms with Crippen LogP contribution in [0.5, 0.6) is 5.75 Å². The van der Waals surface area contributed by atoms with Crippen LogP contribution in [-0.2, 0) is 9.59 Å². The molecule has 8 heteroatoms. The van der Waals surface area contributed by atoms with Crippen LogP contribution in [-0.4, -0.2) is 43.1 Å². The zero-order chi connectivity index (χ0) is 15.5. The third-order valence-corrected chi connectivity index (χ3v) is 4.78. The third-order valence-electron chi connectivity index (χ3n) is 3.84. The molecule has 2 fully saturated rings. The van der Waals surface area contributed by atoms with Gasteiger partial charge in [-0.3, -0.25) is 14.9 Å². The SMILES string of the molecule is COc1ccc(NC(=O)C2CSCN2)cc1N1CCCC1=O.Cl. The number of amides is 2. The van der Waals surface area contributed by atoms with Crippen LogP contribution in [0.3, 0.4) is 0 Å². The van der Waals surface area contributed by atoms with E-state index in [1.54, 1.807) is 35.9 Å². The van der Waals surface area contributed by atoms with Gasteiger partial charge in [0.2, 0.25) is 11.8 Å². The van der Waals surface area contributed by atoms with Crippen LogP contribution < -0.4 is 20.3 Å². The van der Waals surface area contributed by atoms with Gasteiger partial charge in [-0.2, -0.15) is 0 Å². The van der Waals surface area contributed by atoms with Gasteiger partial charge in [-0.25, -0.2) is 0 Å². The van der Waals surface area contributed by atoms with Gasteiger partial charge in [-0.15, -0.1) is 24.2 Å². The van der Waals surface area contributed by atoms with Crippen molar-refractivity contribution in [1.82, 2.24) is 5.32 Å². The predicted octanol–water partition coefficient (Wildman–Crippen LogP) is 1.84. The van der Waals surface area contributed by atoms with Gasteiger partial charge >= 0.3 is 0 Å². The van der Waals surface area contributed by atoms with Crippen LogP contribution in [0.15, 0.2) is 18.2 Å². The van der Waals surface area contributed by atoms with Crippen LogP contribution in [0.2, 0.25) is 0 Å². The molecule has 2 N–H and O–H groups in total. The van der Waals surface area contributed by atoms with E-state index in [9.17, 15) is 9.59 Å². The van der Waals surface area contributed by atoms with E-state index in [1.165, 1.54) is 0 Å². The average Bonchev–Trinajstić information content (AvgIpc) is 3.18. The summed E-state index contributed by atoms with van der Waals surface area (Å²) in [5.74, 6) is 2.26. The first kappa shape index (κ1) is 17.9. The molecule has 0 saturated carbocycles. The number of rotatable bonds is 4. The van der Waals surface area contributed by atoms with Crippen LogP contribution in [0.1, 0.15) is 12.8 Å². The number of nitrogens with zero attached hydrogens (tertiary/aromatic N) is 1. The fourth-order valence-corrected chi connectivity index (χ4v) is 3.62. The Kier molecular flexibility index (Phi) is 6.15. The summed E-state index contributed by atoms with van der Waals surface area (Å²) in [4.78, 5) is 25.8. The standard InChI is InChI=1S/C15H19N3O3S.ClH/c1-21-13-5-4-10(17-15(20)11-8-22-9-16-11)7-12(13)18-6-2-3-14(18)19;/h4-5,7,11,16H,2-3,6,8-9H2,1H3,(H,17,20);1H. The largest absolute Gasteiger partial charge is 0.495 e. The second kappa shape index (κ2) is 7.90. The number of halogens is 1. The molecule has 0 aromatic heterocycles. The van der Waals surface area contributed by atoms with Crippen molar-refractivity contribution >= 4 is 47.4 Å². The fourth-order valence-electron chi connectivity index (χ4n) is 2.67. The Morgan fingerprint density at radius 3 is 2.91 bits per heavy atom. The Morgan fingerprint density at radius 2 is 2.30 bits per heavy atom. The van der Waals surface area contributed by atoms with Crippen LogP contribution in [0.4, 0.5) is 11.4 Å². The third kappa shape index (κ3) is 3.91. The van der Waals surface area contributed by atoms with Crippen LogP contribution in [0.25, 0.3) is 0 Å². The number of carbonyl (C=O) groups is 2. The monoisotopic (exact) mass is 357 g/mol. The van der Waals surface area contributed by atoms with E-state index in [1.807, 2.05) is 6.07 Å². The lowest BCUT2D eigenvalue weighted by Crippen LogP contribution is -2.37. The van der Waals surface area contributed by atoms with Crippen molar-refractivity contribution in [3.05, 3.63) is 18.2 Å². The lowest BCUT2D eigenvalue weighted by Gasteiger charge is -2.20. The predicted molar refractivity (Wildman–Crippen MR) is 94.7 cm³/mol. The van der Waals surface area contributed by atoms with Gasteiger partial charge in [0.05, 0.1) is 18.8 Å². The van der Waals surface area contributed by atoms with Gasteiger partial charge in [0, 0.05) is 30.3 Å². The van der Waals surface area contributed by atoms with Gasteiger partial charge in [0.15, 0.2) is 0 Å². The molecular formula is C15H20ClN3O3S. The average molecular weight is 358 g/mol. The normalized spacial score (nSPS) is 20.3. The van der Waals surface area contributed by atoms with Crippen LogP contribution >= 0.6 is 24.2 Å². The summed E-state index contributed by atoms with van der Waals surface area (Å²) in [6, 6.07) is 5.22. The first-order valence-corrected chi connectivity index (χ1v) is 8.45. The maximum absolute atomic E-state index is 12.2. The van der Waals surface area contributed by atoms with Crippen LogP contribution in [0, 0.1) is 0 Å². The number of benzene rings is 1. The molecule has 2 heterocycles. The molecule has 2 aliphatic rings. The van der Waals surface area contributed by atoms with Crippen molar-refractivity contribution in [2.75, 3.05) is 35.5 Å². The number of hydrogen-bond acceptors (Lipinski definition) is 5. The van der Waals surface area contributed by atoms with E-state index < -0.39 is 0 Å². The highest BCUT2D eigenvalue weighted by molar-refractivity contribution is 7.99. The van der Waals surface area contributed by atoms with Crippen molar-refractivity contribution in [1.29, 1.82) is 0 Å². The summed E-state index contributed by atoms with van der Waals surface area (Å²) in [5, 5.41) is 6.04. The Morgan fingerprint density at radius 1 is 1.48 bits per heavy atom. The van der Waals surface area contributed by atoms with Crippen molar-refractivity contribution in [3.8, 4) is 5.75 Å².